The van der Waals surface area contributed by atoms with Gasteiger partial charge in [0.1, 0.15) is 11.5 Å². The van der Waals surface area contributed by atoms with E-state index < -0.39 is 0 Å². The maximum absolute atomic E-state index is 9.58. The summed E-state index contributed by atoms with van der Waals surface area (Å²) in [5.74, 6) is 0.503. The third-order valence-corrected chi connectivity index (χ3v) is 5.46. The number of nitrogens with two attached hydrogens (primary N) is 2. The number of hydrogen-bond acceptors (Lipinski definition) is 4. The Morgan fingerprint density at radius 3 is 1.32 bits per heavy atom. The fraction of sp³-hybridized carbons (Fsp3) is 0.111. The van der Waals surface area contributed by atoms with Crippen LogP contribution in [0, 0.1) is 0 Å². The van der Waals surface area contributed by atoms with Crippen molar-refractivity contribution in [2.75, 3.05) is 11.5 Å². The van der Waals surface area contributed by atoms with Gasteiger partial charge >= 0.3 is 0 Å². The van der Waals surface area contributed by atoms with Crippen LogP contribution in [0.25, 0.3) is 0 Å². The van der Waals surface area contributed by atoms with E-state index in [0.29, 0.717) is 12.8 Å². The minimum Gasteiger partial charge on any atom is -0.508 e. The monoisotopic (exact) mass is 410 g/mol. The van der Waals surface area contributed by atoms with Crippen molar-refractivity contribution >= 4 is 11.4 Å². The predicted molar refractivity (Wildman–Crippen MR) is 126 cm³/mol. The van der Waals surface area contributed by atoms with Gasteiger partial charge in [-0.1, -0.05) is 48.5 Å². The lowest BCUT2D eigenvalue weighted by molar-refractivity contribution is 0.474. The Labute approximate surface area is 182 Å². The molecule has 0 atom stereocenters. The molecule has 0 fully saturated rings. The van der Waals surface area contributed by atoms with Gasteiger partial charge in [0.05, 0.1) is 0 Å². The highest BCUT2D eigenvalue weighted by Crippen LogP contribution is 2.28. The SMILES string of the molecule is Nc1ccc(Cc2cc(Cc3ccc(O)cc3)c(N)c(Cc3ccc(O)cc3)c2)cc1. The Morgan fingerprint density at radius 2 is 0.871 bits per heavy atom. The van der Waals surface area contributed by atoms with E-state index in [1.165, 1.54) is 11.1 Å². The molecule has 6 N–H and O–H groups in total. The predicted octanol–water partition coefficient (Wildman–Crippen LogP) is 5.03. The summed E-state index contributed by atoms with van der Waals surface area (Å²) in [6.07, 6.45) is 2.15. The largest absolute Gasteiger partial charge is 0.508 e. The fourth-order valence-electron chi connectivity index (χ4n) is 3.78. The van der Waals surface area contributed by atoms with Crippen LogP contribution in [0.3, 0.4) is 0 Å². The van der Waals surface area contributed by atoms with Crippen LogP contribution in [-0.2, 0) is 19.3 Å². The van der Waals surface area contributed by atoms with Crippen LogP contribution in [0.1, 0.15) is 33.4 Å². The van der Waals surface area contributed by atoms with Crippen molar-refractivity contribution in [3.8, 4) is 11.5 Å². The van der Waals surface area contributed by atoms with Gasteiger partial charge in [-0.3, -0.25) is 0 Å². The quantitative estimate of drug-likeness (QED) is 0.335. The van der Waals surface area contributed by atoms with Gasteiger partial charge < -0.3 is 21.7 Å². The molecule has 156 valence electrons. The van der Waals surface area contributed by atoms with Crippen molar-refractivity contribution in [3.63, 3.8) is 0 Å². The standard InChI is InChI=1S/C27H26N2O2/c28-24-7-1-18(2-8-24)13-21-16-22(14-19-3-9-25(30)10-4-19)27(29)23(17-21)15-20-5-11-26(31)12-6-20/h1-12,16-17,30-31H,13-15,28-29H2. The van der Waals surface area contributed by atoms with Crippen molar-refractivity contribution in [1.29, 1.82) is 0 Å². The summed E-state index contributed by atoms with van der Waals surface area (Å²) >= 11 is 0. The first-order valence-corrected chi connectivity index (χ1v) is 10.3. The molecule has 0 unspecified atom stereocenters. The van der Waals surface area contributed by atoms with Crippen LogP contribution in [0.15, 0.2) is 84.9 Å². The zero-order valence-corrected chi connectivity index (χ0v) is 17.3. The van der Waals surface area contributed by atoms with Gasteiger partial charge in [-0.05, 0) is 89.0 Å². The van der Waals surface area contributed by atoms with Crippen molar-refractivity contribution in [1.82, 2.24) is 0 Å². The van der Waals surface area contributed by atoms with Gasteiger partial charge in [0.15, 0.2) is 0 Å². The van der Waals surface area contributed by atoms with E-state index in [2.05, 4.69) is 12.1 Å². The molecule has 4 aromatic rings. The number of aromatic hydroxyl groups is 2. The van der Waals surface area contributed by atoms with E-state index >= 15 is 0 Å². The highest BCUT2D eigenvalue weighted by Gasteiger charge is 2.11. The maximum Gasteiger partial charge on any atom is 0.115 e. The molecule has 0 aliphatic carbocycles. The van der Waals surface area contributed by atoms with Crippen molar-refractivity contribution < 1.29 is 10.2 Å². The van der Waals surface area contributed by atoms with Crippen LogP contribution in [0.2, 0.25) is 0 Å². The zero-order valence-electron chi connectivity index (χ0n) is 17.3. The van der Waals surface area contributed by atoms with Gasteiger partial charge in [-0.25, -0.2) is 0 Å². The lowest BCUT2D eigenvalue weighted by Gasteiger charge is -2.15. The van der Waals surface area contributed by atoms with E-state index in [0.717, 1.165) is 40.0 Å². The molecule has 0 aliphatic rings. The maximum atomic E-state index is 9.58. The minimum atomic E-state index is 0.252. The van der Waals surface area contributed by atoms with Gasteiger partial charge in [-0.15, -0.1) is 0 Å². The molecule has 0 radical (unpaired) electrons. The summed E-state index contributed by atoms with van der Waals surface area (Å²) in [5, 5.41) is 19.2. The molecule has 0 bridgehead atoms. The molecule has 4 rings (SSSR count). The van der Waals surface area contributed by atoms with Crippen molar-refractivity contribution in [2.24, 2.45) is 0 Å². The first kappa shape index (κ1) is 20.4. The Bertz CT molecular complexity index is 1100. The minimum absolute atomic E-state index is 0.252. The topological polar surface area (TPSA) is 92.5 Å². The molecular weight excluding hydrogens is 384 g/mol. The lowest BCUT2D eigenvalue weighted by atomic mass is 9.92. The Kier molecular flexibility index (Phi) is 5.80. The Balaban J connectivity index is 1.69. The van der Waals surface area contributed by atoms with E-state index in [1.54, 1.807) is 24.3 Å². The molecule has 4 nitrogen and oxygen atoms in total. The van der Waals surface area contributed by atoms with Crippen LogP contribution in [0.4, 0.5) is 11.4 Å². The average molecular weight is 411 g/mol. The number of nitrogen functional groups attached to an aromatic ring is 2. The number of hydrogen-bond donors (Lipinski definition) is 4. The molecule has 4 aromatic carbocycles. The molecule has 0 heterocycles. The van der Waals surface area contributed by atoms with Gasteiger partial charge in [0, 0.05) is 11.4 Å². The number of benzene rings is 4. The molecule has 0 amide bonds. The summed E-state index contributed by atoms with van der Waals surface area (Å²) in [5.41, 5.74) is 20.6. The van der Waals surface area contributed by atoms with Gasteiger partial charge in [0.2, 0.25) is 0 Å². The molecule has 0 aromatic heterocycles. The average Bonchev–Trinajstić information content (AvgIpc) is 2.76. The summed E-state index contributed by atoms with van der Waals surface area (Å²) in [6, 6.07) is 26.7. The fourth-order valence-corrected chi connectivity index (χ4v) is 3.78. The number of anilines is 2. The number of phenols is 2. The molecule has 0 aliphatic heterocycles. The number of rotatable bonds is 6. The highest BCUT2D eigenvalue weighted by molar-refractivity contribution is 5.59. The third kappa shape index (κ3) is 5.17. The van der Waals surface area contributed by atoms with Crippen LogP contribution in [0.5, 0.6) is 11.5 Å². The second-order valence-corrected chi connectivity index (χ2v) is 7.93. The summed E-state index contributed by atoms with van der Waals surface area (Å²) in [7, 11) is 0. The highest BCUT2D eigenvalue weighted by atomic mass is 16.3. The molecule has 0 spiro atoms. The third-order valence-electron chi connectivity index (χ3n) is 5.46. The first-order valence-electron chi connectivity index (χ1n) is 10.3. The molecule has 4 heteroatoms. The van der Waals surface area contributed by atoms with E-state index in [4.69, 9.17) is 11.5 Å². The smallest absolute Gasteiger partial charge is 0.115 e. The summed E-state index contributed by atoms with van der Waals surface area (Å²) < 4.78 is 0. The van der Waals surface area contributed by atoms with E-state index in [-0.39, 0.29) is 11.5 Å². The normalized spacial score (nSPS) is 10.8. The number of phenolic OH excluding ortho intramolecular Hbond substituents is 2. The molecule has 0 saturated heterocycles. The molecular formula is C27H26N2O2. The van der Waals surface area contributed by atoms with E-state index in [1.807, 2.05) is 48.5 Å². The summed E-state index contributed by atoms with van der Waals surface area (Å²) in [4.78, 5) is 0. The molecule has 0 saturated carbocycles. The second kappa shape index (κ2) is 8.84. The van der Waals surface area contributed by atoms with Gasteiger partial charge in [0.25, 0.3) is 0 Å². The summed E-state index contributed by atoms with van der Waals surface area (Å²) in [6.45, 7) is 0. The van der Waals surface area contributed by atoms with E-state index in [9.17, 15) is 10.2 Å². The Morgan fingerprint density at radius 1 is 0.484 bits per heavy atom. The van der Waals surface area contributed by atoms with Crippen molar-refractivity contribution in [3.05, 3.63) is 118 Å². The van der Waals surface area contributed by atoms with Crippen LogP contribution in [-0.4, -0.2) is 10.2 Å². The van der Waals surface area contributed by atoms with Crippen molar-refractivity contribution in [2.45, 2.75) is 19.3 Å². The van der Waals surface area contributed by atoms with Crippen LogP contribution < -0.4 is 11.5 Å². The van der Waals surface area contributed by atoms with Crippen LogP contribution >= 0.6 is 0 Å². The first-order chi connectivity index (χ1) is 15.0. The second-order valence-electron chi connectivity index (χ2n) is 7.93. The molecule has 31 heavy (non-hydrogen) atoms. The van der Waals surface area contributed by atoms with Gasteiger partial charge in [-0.2, -0.15) is 0 Å². The zero-order chi connectivity index (χ0) is 21.8. The lowest BCUT2D eigenvalue weighted by Crippen LogP contribution is -2.04. The Hall–Kier alpha value is -3.92.